The molecule has 0 bridgehead atoms. The molecule has 0 heterocycles. The monoisotopic (exact) mass is 324 g/mol. The van der Waals surface area contributed by atoms with Crippen molar-refractivity contribution in [2.45, 2.75) is 34.1 Å². The lowest BCUT2D eigenvalue weighted by molar-refractivity contribution is -0.120. The minimum Gasteiger partial charge on any atom is -0.324 e. The van der Waals surface area contributed by atoms with Crippen LogP contribution in [0.4, 0.5) is 11.4 Å². The zero-order chi connectivity index (χ0) is 17.7. The summed E-state index contributed by atoms with van der Waals surface area (Å²) in [4.78, 5) is 25.9. The van der Waals surface area contributed by atoms with Gasteiger partial charge in [0.15, 0.2) is 0 Å². The highest BCUT2D eigenvalue weighted by Crippen LogP contribution is 2.21. The Bertz CT molecular complexity index is 736. The summed E-state index contributed by atoms with van der Waals surface area (Å²) < 4.78 is 0. The molecule has 2 aromatic rings. The third-order valence-corrected chi connectivity index (χ3v) is 4.03. The Labute approximate surface area is 143 Å². The minimum atomic E-state index is -0.199. The quantitative estimate of drug-likeness (QED) is 0.908. The maximum absolute atomic E-state index is 12.5. The van der Waals surface area contributed by atoms with Crippen LogP contribution in [-0.2, 0) is 16.0 Å². The average Bonchev–Trinajstić information content (AvgIpc) is 2.55. The molecule has 0 saturated carbocycles. The fourth-order valence-electron chi connectivity index (χ4n) is 2.63. The first-order chi connectivity index (χ1) is 11.4. The van der Waals surface area contributed by atoms with Crippen LogP contribution in [0.5, 0.6) is 0 Å². The number of nitrogens with one attached hydrogen (secondary N) is 1. The normalized spacial score (nSPS) is 10.3. The summed E-state index contributed by atoms with van der Waals surface area (Å²) in [6, 6.07) is 13.5. The van der Waals surface area contributed by atoms with Crippen molar-refractivity contribution in [1.29, 1.82) is 0 Å². The Morgan fingerprint density at radius 3 is 2.29 bits per heavy atom. The van der Waals surface area contributed by atoms with E-state index < -0.39 is 0 Å². The van der Waals surface area contributed by atoms with E-state index in [4.69, 9.17) is 0 Å². The van der Waals surface area contributed by atoms with Gasteiger partial charge in [0, 0.05) is 18.3 Å². The van der Waals surface area contributed by atoms with Crippen LogP contribution in [0, 0.1) is 13.8 Å². The fraction of sp³-hybridized carbons (Fsp3) is 0.300. The maximum Gasteiger partial charge on any atom is 0.244 e. The first-order valence-electron chi connectivity index (χ1n) is 8.15. The molecule has 0 unspecified atom stereocenters. The number of carbonyl (C=O) groups is 2. The smallest absolute Gasteiger partial charge is 0.244 e. The van der Waals surface area contributed by atoms with Crippen LogP contribution in [0.2, 0.25) is 0 Å². The molecule has 4 heteroatoms. The second kappa shape index (κ2) is 7.77. The second-order valence-corrected chi connectivity index (χ2v) is 5.95. The minimum absolute atomic E-state index is 0.00408. The van der Waals surface area contributed by atoms with E-state index in [-0.39, 0.29) is 18.4 Å². The highest BCUT2D eigenvalue weighted by atomic mass is 16.2. The van der Waals surface area contributed by atoms with E-state index in [9.17, 15) is 9.59 Å². The Hall–Kier alpha value is -2.62. The highest BCUT2D eigenvalue weighted by molar-refractivity contribution is 6.02. The predicted octanol–water partition coefficient (Wildman–Crippen LogP) is 3.86. The Morgan fingerprint density at radius 1 is 1.04 bits per heavy atom. The van der Waals surface area contributed by atoms with Crippen molar-refractivity contribution < 1.29 is 9.59 Å². The second-order valence-electron chi connectivity index (χ2n) is 5.95. The Kier molecular flexibility index (Phi) is 5.74. The van der Waals surface area contributed by atoms with Crippen LogP contribution in [0.25, 0.3) is 0 Å². The topological polar surface area (TPSA) is 49.4 Å². The number of aryl methyl sites for hydroxylation is 3. The summed E-state index contributed by atoms with van der Waals surface area (Å²) in [5.41, 5.74) is 4.79. The molecule has 2 amide bonds. The summed E-state index contributed by atoms with van der Waals surface area (Å²) in [6.07, 6.45) is 0.839. The molecule has 0 aliphatic rings. The van der Waals surface area contributed by atoms with E-state index in [2.05, 4.69) is 12.2 Å². The molecule has 0 saturated heterocycles. The van der Waals surface area contributed by atoms with Crippen LogP contribution in [0.1, 0.15) is 30.5 Å². The zero-order valence-corrected chi connectivity index (χ0v) is 14.7. The summed E-state index contributed by atoms with van der Waals surface area (Å²) in [6.45, 7) is 7.48. The molecule has 0 fully saturated rings. The molecule has 0 aromatic heterocycles. The number of nitrogens with zero attached hydrogens (tertiary/aromatic N) is 1. The summed E-state index contributed by atoms with van der Waals surface area (Å²) in [5, 5.41) is 2.96. The van der Waals surface area contributed by atoms with Crippen molar-refractivity contribution in [3.63, 3.8) is 0 Å². The fourth-order valence-corrected chi connectivity index (χ4v) is 2.63. The molecular formula is C20H24N2O2. The molecule has 4 nitrogen and oxygen atoms in total. The van der Waals surface area contributed by atoms with Crippen LogP contribution < -0.4 is 10.2 Å². The number of anilines is 2. The van der Waals surface area contributed by atoms with Crippen molar-refractivity contribution in [1.82, 2.24) is 0 Å². The number of rotatable bonds is 5. The van der Waals surface area contributed by atoms with E-state index in [1.807, 2.05) is 56.3 Å². The molecule has 0 aliphatic carbocycles. The molecule has 0 radical (unpaired) electrons. The van der Waals surface area contributed by atoms with Gasteiger partial charge in [0.2, 0.25) is 11.8 Å². The van der Waals surface area contributed by atoms with Gasteiger partial charge in [0.05, 0.1) is 0 Å². The number of carbonyl (C=O) groups excluding carboxylic acids is 2. The van der Waals surface area contributed by atoms with Gasteiger partial charge < -0.3 is 10.2 Å². The number of hydrogen-bond donors (Lipinski definition) is 1. The standard InChI is InChI=1S/C20H24N2O2/c1-5-17-8-6-7-15(3)20(17)21-19(24)13-22(16(4)23)18-11-9-14(2)10-12-18/h6-12H,5,13H2,1-4H3,(H,21,24). The Balaban J connectivity index is 2.18. The van der Waals surface area contributed by atoms with E-state index >= 15 is 0 Å². The van der Waals surface area contributed by atoms with Crippen molar-refractivity contribution >= 4 is 23.2 Å². The third kappa shape index (κ3) is 4.22. The molecule has 126 valence electrons. The van der Waals surface area contributed by atoms with Crippen molar-refractivity contribution in [2.24, 2.45) is 0 Å². The van der Waals surface area contributed by atoms with Crippen LogP contribution in [-0.4, -0.2) is 18.4 Å². The molecule has 0 aliphatic heterocycles. The van der Waals surface area contributed by atoms with Crippen molar-refractivity contribution in [2.75, 3.05) is 16.8 Å². The molecule has 24 heavy (non-hydrogen) atoms. The van der Waals surface area contributed by atoms with Crippen LogP contribution >= 0.6 is 0 Å². The summed E-state index contributed by atoms with van der Waals surface area (Å²) in [5.74, 6) is -0.357. The lowest BCUT2D eigenvalue weighted by Crippen LogP contribution is -2.36. The largest absolute Gasteiger partial charge is 0.324 e. The van der Waals surface area contributed by atoms with E-state index in [1.165, 1.54) is 11.8 Å². The lowest BCUT2D eigenvalue weighted by atomic mass is 10.1. The Morgan fingerprint density at radius 2 is 1.71 bits per heavy atom. The number of benzene rings is 2. The number of para-hydroxylation sites is 1. The molecule has 2 aromatic carbocycles. The zero-order valence-electron chi connectivity index (χ0n) is 14.7. The summed E-state index contributed by atoms with van der Waals surface area (Å²) >= 11 is 0. The highest BCUT2D eigenvalue weighted by Gasteiger charge is 2.17. The van der Waals surface area contributed by atoms with Crippen LogP contribution in [0.15, 0.2) is 42.5 Å². The van der Waals surface area contributed by atoms with Gasteiger partial charge in [0.25, 0.3) is 0 Å². The summed E-state index contributed by atoms with van der Waals surface area (Å²) in [7, 11) is 0. The van der Waals surface area contributed by atoms with E-state index in [1.54, 1.807) is 0 Å². The molecule has 1 N–H and O–H groups in total. The van der Waals surface area contributed by atoms with Crippen molar-refractivity contribution in [3.05, 3.63) is 59.2 Å². The van der Waals surface area contributed by atoms with E-state index in [0.717, 1.165) is 34.5 Å². The van der Waals surface area contributed by atoms with E-state index in [0.29, 0.717) is 0 Å². The average molecular weight is 324 g/mol. The van der Waals surface area contributed by atoms with Gasteiger partial charge in [-0.3, -0.25) is 9.59 Å². The van der Waals surface area contributed by atoms with Gasteiger partial charge in [-0.1, -0.05) is 42.8 Å². The van der Waals surface area contributed by atoms with Gasteiger partial charge in [-0.05, 0) is 43.5 Å². The van der Waals surface area contributed by atoms with Gasteiger partial charge in [-0.2, -0.15) is 0 Å². The van der Waals surface area contributed by atoms with Crippen molar-refractivity contribution in [3.8, 4) is 0 Å². The number of hydrogen-bond acceptors (Lipinski definition) is 2. The van der Waals surface area contributed by atoms with Gasteiger partial charge in [0.1, 0.15) is 6.54 Å². The molecular weight excluding hydrogens is 300 g/mol. The maximum atomic E-state index is 12.5. The van der Waals surface area contributed by atoms with Gasteiger partial charge >= 0.3 is 0 Å². The number of amides is 2. The molecule has 0 atom stereocenters. The molecule has 0 spiro atoms. The van der Waals surface area contributed by atoms with Crippen LogP contribution in [0.3, 0.4) is 0 Å². The van der Waals surface area contributed by atoms with Gasteiger partial charge in [-0.25, -0.2) is 0 Å². The predicted molar refractivity (Wildman–Crippen MR) is 98.4 cm³/mol. The first-order valence-corrected chi connectivity index (χ1v) is 8.15. The lowest BCUT2D eigenvalue weighted by Gasteiger charge is -2.21. The van der Waals surface area contributed by atoms with Gasteiger partial charge in [-0.15, -0.1) is 0 Å². The first kappa shape index (κ1) is 17.7. The third-order valence-electron chi connectivity index (χ3n) is 4.03. The molecule has 2 rings (SSSR count). The SMILES string of the molecule is CCc1cccc(C)c1NC(=O)CN(C(C)=O)c1ccc(C)cc1.